The summed E-state index contributed by atoms with van der Waals surface area (Å²) in [5.74, 6) is 0.120. The van der Waals surface area contributed by atoms with E-state index in [0.29, 0.717) is 5.41 Å². The van der Waals surface area contributed by atoms with Crippen LogP contribution in [0.1, 0.15) is 40.9 Å². The van der Waals surface area contributed by atoms with E-state index in [1.54, 1.807) is 0 Å². The fourth-order valence-electron chi connectivity index (χ4n) is 3.88. The highest BCUT2D eigenvalue weighted by Gasteiger charge is 2.29. The molecule has 1 heterocycles. The first-order valence-corrected chi connectivity index (χ1v) is 8.15. The highest BCUT2D eigenvalue weighted by Crippen LogP contribution is 2.37. The van der Waals surface area contributed by atoms with Crippen LogP contribution < -0.4 is 0 Å². The second-order valence-corrected chi connectivity index (χ2v) is 7.50. The Morgan fingerprint density at radius 1 is 1.04 bits per heavy atom. The van der Waals surface area contributed by atoms with Gasteiger partial charge in [0.2, 0.25) is 0 Å². The molecule has 2 heteroatoms. The third-order valence-electron chi connectivity index (χ3n) is 4.95. The van der Waals surface area contributed by atoms with Gasteiger partial charge in [-0.2, -0.15) is 0 Å². The molecule has 4 rings (SSSR count). The van der Waals surface area contributed by atoms with Crippen LogP contribution in [-0.4, -0.2) is 10.4 Å². The predicted octanol–water partition coefficient (Wildman–Crippen LogP) is 4.53. The SMILES string of the molecule is Cn1cc(C(=O)c2ccc3c(c2)CC(C)(C)C3)c2ccccc21. The molecule has 0 saturated heterocycles. The molecule has 1 aliphatic rings. The minimum atomic E-state index is 0.120. The van der Waals surface area contributed by atoms with Crippen LogP contribution >= 0.6 is 0 Å². The standard InChI is InChI=1S/C21H21NO/c1-21(2)11-15-9-8-14(10-16(15)12-21)20(23)18-13-22(3)19-7-5-4-6-17(18)19/h4-10,13H,11-12H2,1-3H3. The van der Waals surface area contributed by atoms with Gasteiger partial charge in [0.25, 0.3) is 0 Å². The third kappa shape index (κ3) is 2.29. The van der Waals surface area contributed by atoms with E-state index in [4.69, 9.17) is 0 Å². The average molecular weight is 303 g/mol. The second kappa shape index (κ2) is 4.82. The zero-order valence-electron chi connectivity index (χ0n) is 13.9. The number of aromatic nitrogens is 1. The van der Waals surface area contributed by atoms with Gasteiger partial charge in [-0.05, 0) is 41.5 Å². The Labute approximate surface area is 136 Å². The van der Waals surface area contributed by atoms with Gasteiger partial charge >= 0.3 is 0 Å². The number of para-hydroxylation sites is 1. The molecule has 0 amide bonds. The number of ketones is 1. The lowest BCUT2D eigenvalue weighted by molar-refractivity contribution is 0.104. The minimum Gasteiger partial charge on any atom is -0.350 e. The fourth-order valence-corrected chi connectivity index (χ4v) is 3.88. The predicted molar refractivity (Wildman–Crippen MR) is 94.0 cm³/mol. The van der Waals surface area contributed by atoms with Crippen molar-refractivity contribution in [2.24, 2.45) is 12.5 Å². The molecule has 0 aliphatic heterocycles. The van der Waals surface area contributed by atoms with Gasteiger partial charge < -0.3 is 4.57 Å². The van der Waals surface area contributed by atoms with Gasteiger partial charge in [-0.25, -0.2) is 0 Å². The summed E-state index contributed by atoms with van der Waals surface area (Å²) in [7, 11) is 1.99. The van der Waals surface area contributed by atoms with Crippen LogP contribution in [0.25, 0.3) is 10.9 Å². The van der Waals surface area contributed by atoms with Crippen LogP contribution in [0.2, 0.25) is 0 Å². The van der Waals surface area contributed by atoms with Gasteiger partial charge in [0.15, 0.2) is 5.78 Å². The lowest BCUT2D eigenvalue weighted by Crippen LogP contribution is -2.09. The van der Waals surface area contributed by atoms with Gasteiger partial charge in [-0.1, -0.05) is 44.2 Å². The number of hydrogen-bond donors (Lipinski definition) is 0. The van der Waals surface area contributed by atoms with E-state index in [1.165, 1.54) is 11.1 Å². The Morgan fingerprint density at radius 3 is 2.61 bits per heavy atom. The molecule has 23 heavy (non-hydrogen) atoms. The molecule has 0 spiro atoms. The molecule has 0 saturated carbocycles. The van der Waals surface area contributed by atoms with Crippen molar-refractivity contribution < 1.29 is 4.79 Å². The van der Waals surface area contributed by atoms with Crippen LogP contribution in [0.3, 0.4) is 0 Å². The molecule has 0 N–H and O–H groups in total. The highest BCUT2D eigenvalue weighted by molar-refractivity contribution is 6.16. The van der Waals surface area contributed by atoms with Crippen LogP contribution in [0.5, 0.6) is 0 Å². The number of carbonyl (C=O) groups is 1. The van der Waals surface area contributed by atoms with Crippen molar-refractivity contribution in [3.05, 3.63) is 70.9 Å². The number of benzene rings is 2. The molecule has 1 aromatic heterocycles. The summed E-state index contributed by atoms with van der Waals surface area (Å²) in [5, 5.41) is 1.03. The van der Waals surface area contributed by atoms with Crippen molar-refractivity contribution in [2.45, 2.75) is 26.7 Å². The topological polar surface area (TPSA) is 22.0 Å². The molecule has 0 unspecified atom stereocenters. The van der Waals surface area contributed by atoms with E-state index in [-0.39, 0.29) is 5.78 Å². The van der Waals surface area contributed by atoms with Crippen molar-refractivity contribution in [3.63, 3.8) is 0 Å². The molecule has 0 bridgehead atoms. The van der Waals surface area contributed by atoms with Crippen molar-refractivity contribution >= 4 is 16.7 Å². The first kappa shape index (κ1) is 14.3. The van der Waals surface area contributed by atoms with E-state index in [9.17, 15) is 4.79 Å². The zero-order valence-corrected chi connectivity index (χ0v) is 13.9. The number of hydrogen-bond acceptors (Lipinski definition) is 1. The maximum absolute atomic E-state index is 13.0. The van der Waals surface area contributed by atoms with Crippen molar-refractivity contribution in [3.8, 4) is 0 Å². The third-order valence-corrected chi connectivity index (χ3v) is 4.95. The molecule has 3 aromatic rings. The van der Waals surface area contributed by atoms with E-state index >= 15 is 0 Å². The summed E-state index contributed by atoms with van der Waals surface area (Å²) in [6, 6.07) is 14.3. The summed E-state index contributed by atoms with van der Waals surface area (Å²) in [4.78, 5) is 13.0. The van der Waals surface area contributed by atoms with Crippen molar-refractivity contribution in [1.29, 1.82) is 0 Å². The quantitative estimate of drug-likeness (QED) is 0.637. The molecule has 0 radical (unpaired) electrons. The fraction of sp³-hybridized carbons (Fsp3) is 0.286. The van der Waals surface area contributed by atoms with Crippen LogP contribution in [-0.2, 0) is 19.9 Å². The minimum absolute atomic E-state index is 0.120. The van der Waals surface area contributed by atoms with Crippen molar-refractivity contribution in [1.82, 2.24) is 4.57 Å². The Hall–Kier alpha value is -2.35. The van der Waals surface area contributed by atoms with E-state index in [2.05, 4.69) is 32.0 Å². The number of fused-ring (bicyclic) bond motifs is 2. The van der Waals surface area contributed by atoms with Gasteiger partial charge in [0, 0.05) is 35.3 Å². The lowest BCUT2D eigenvalue weighted by atomic mass is 9.90. The summed E-state index contributed by atoms with van der Waals surface area (Å²) < 4.78 is 2.03. The van der Waals surface area contributed by atoms with E-state index in [0.717, 1.165) is 34.9 Å². The number of carbonyl (C=O) groups excluding carboxylic acids is 1. The van der Waals surface area contributed by atoms with E-state index < -0.39 is 0 Å². The Bertz CT molecular complexity index is 930. The Balaban J connectivity index is 1.78. The first-order chi connectivity index (χ1) is 10.9. The van der Waals surface area contributed by atoms with Crippen LogP contribution in [0.4, 0.5) is 0 Å². The largest absolute Gasteiger partial charge is 0.350 e. The summed E-state index contributed by atoms with van der Waals surface area (Å²) in [6.07, 6.45) is 4.11. The van der Waals surface area contributed by atoms with Gasteiger partial charge in [-0.15, -0.1) is 0 Å². The number of rotatable bonds is 2. The summed E-state index contributed by atoms with van der Waals surface area (Å²) in [5.41, 5.74) is 5.73. The van der Waals surface area contributed by atoms with Gasteiger partial charge in [0.1, 0.15) is 0 Å². The summed E-state index contributed by atoms with van der Waals surface area (Å²) >= 11 is 0. The Morgan fingerprint density at radius 2 is 1.78 bits per heavy atom. The molecule has 116 valence electrons. The maximum Gasteiger partial charge on any atom is 0.195 e. The van der Waals surface area contributed by atoms with Crippen molar-refractivity contribution in [2.75, 3.05) is 0 Å². The number of nitrogens with zero attached hydrogens (tertiary/aromatic N) is 1. The van der Waals surface area contributed by atoms with Gasteiger partial charge in [0.05, 0.1) is 0 Å². The smallest absolute Gasteiger partial charge is 0.195 e. The normalized spacial score (nSPS) is 15.8. The first-order valence-electron chi connectivity index (χ1n) is 8.15. The molecule has 2 nitrogen and oxygen atoms in total. The van der Waals surface area contributed by atoms with Crippen LogP contribution in [0, 0.1) is 5.41 Å². The molecular weight excluding hydrogens is 282 g/mol. The molecule has 1 aliphatic carbocycles. The number of aryl methyl sites for hydroxylation is 1. The maximum atomic E-state index is 13.0. The molecule has 2 aromatic carbocycles. The molecular formula is C21H21NO. The Kier molecular flexibility index (Phi) is 2.99. The van der Waals surface area contributed by atoms with Crippen LogP contribution in [0.15, 0.2) is 48.7 Å². The van der Waals surface area contributed by atoms with E-state index in [1.807, 2.05) is 42.1 Å². The summed E-state index contributed by atoms with van der Waals surface area (Å²) in [6.45, 7) is 4.58. The monoisotopic (exact) mass is 303 g/mol. The second-order valence-electron chi connectivity index (χ2n) is 7.50. The molecule has 0 fully saturated rings. The zero-order chi connectivity index (χ0) is 16.2. The highest BCUT2D eigenvalue weighted by atomic mass is 16.1. The average Bonchev–Trinajstić information content (AvgIpc) is 3.01. The lowest BCUT2D eigenvalue weighted by Gasteiger charge is -2.14. The molecule has 0 atom stereocenters. The van der Waals surface area contributed by atoms with Gasteiger partial charge in [-0.3, -0.25) is 4.79 Å².